The second kappa shape index (κ2) is 6.32. The summed E-state index contributed by atoms with van der Waals surface area (Å²) in [5, 5.41) is 15.3. The Bertz CT molecular complexity index is 577. The Labute approximate surface area is 128 Å². The average Bonchev–Trinajstić information content (AvgIpc) is 2.73. The normalized spacial score (nSPS) is 16.4. The molecule has 1 unspecified atom stereocenters. The van der Waals surface area contributed by atoms with Gasteiger partial charge in [0.25, 0.3) is 5.91 Å². The van der Waals surface area contributed by atoms with Crippen LogP contribution >= 0.6 is 11.6 Å². The van der Waals surface area contributed by atoms with Crippen molar-refractivity contribution >= 4 is 34.8 Å². The molecule has 2 rings (SSSR count). The van der Waals surface area contributed by atoms with Crippen LogP contribution < -0.4 is 15.5 Å². The summed E-state index contributed by atoms with van der Waals surface area (Å²) in [6, 6.07) is 3.27. The highest BCUT2D eigenvalue weighted by Crippen LogP contribution is 2.38. The van der Waals surface area contributed by atoms with Crippen LogP contribution in [0.25, 0.3) is 0 Å². The van der Waals surface area contributed by atoms with Crippen LogP contribution in [0.1, 0.15) is 25.0 Å². The highest BCUT2D eigenvalue weighted by Gasteiger charge is 2.30. The van der Waals surface area contributed by atoms with Crippen LogP contribution in [0.4, 0.5) is 11.4 Å². The molecule has 1 atom stereocenters. The number of aliphatic hydroxyl groups is 1. The second-order valence-corrected chi connectivity index (χ2v) is 5.28. The molecule has 1 aromatic carbocycles. The topological polar surface area (TPSA) is 81.7 Å². The summed E-state index contributed by atoms with van der Waals surface area (Å²) in [5.41, 5.74) is 1.66. The first-order valence-corrected chi connectivity index (χ1v) is 7.13. The van der Waals surface area contributed by atoms with Gasteiger partial charge in [0.2, 0.25) is 5.91 Å². The van der Waals surface area contributed by atoms with Crippen molar-refractivity contribution < 1.29 is 14.7 Å². The molecule has 0 saturated carbocycles. The number of hydrogen-bond donors (Lipinski definition) is 3. The maximum atomic E-state index is 11.6. The van der Waals surface area contributed by atoms with Gasteiger partial charge in [-0.2, -0.15) is 0 Å². The number of amides is 2. The van der Waals surface area contributed by atoms with Crippen LogP contribution in [-0.4, -0.2) is 37.1 Å². The van der Waals surface area contributed by atoms with E-state index in [0.29, 0.717) is 28.5 Å². The van der Waals surface area contributed by atoms with E-state index in [1.807, 2.05) is 11.8 Å². The highest BCUT2D eigenvalue weighted by molar-refractivity contribution is 6.33. The zero-order valence-corrected chi connectivity index (χ0v) is 12.7. The zero-order chi connectivity index (χ0) is 15.6. The van der Waals surface area contributed by atoms with E-state index in [1.165, 1.54) is 0 Å². The van der Waals surface area contributed by atoms with E-state index >= 15 is 0 Å². The first-order valence-electron chi connectivity index (χ1n) is 6.75. The van der Waals surface area contributed by atoms with Gasteiger partial charge in [-0.1, -0.05) is 18.5 Å². The fraction of sp³-hybridized carbons (Fsp3) is 0.429. The first-order chi connectivity index (χ1) is 9.97. The second-order valence-electron chi connectivity index (χ2n) is 4.88. The van der Waals surface area contributed by atoms with E-state index in [-0.39, 0.29) is 12.5 Å². The molecule has 114 valence electrons. The van der Waals surface area contributed by atoms with Crippen LogP contribution in [0.5, 0.6) is 0 Å². The number of nitrogens with zero attached hydrogens (tertiary/aromatic N) is 1. The molecule has 7 heteroatoms. The summed E-state index contributed by atoms with van der Waals surface area (Å²) in [4.78, 5) is 25.0. The minimum atomic E-state index is -1.19. The number of halogens is 1. The van der Waals surface area contributed by atoms with Gasteiger partial charge >= 0.3 is 0 Å². The molecule has 6 nitrogen and oxygen atoms in total. The molecule has 0 radical (unpaired) electrons. The molecule has 1 aliphatic rings. The number of likely N-dealkylation sites (N-methyl/N-ethyl adjacent to an activating group) is 1. The van der Waals surface area contributed by atoms with Crippen LogP contribution in [0.3, 0.4) is 0 Å². The molecular formula is C14H18ClN3O3. The van der Waals surface area contributed by atoms with Gasteiger partial charge in [-0.25, -0.2) is 0 Å². The van der Waals surface area contributed by atoms with Crippen molar-refractivity contribution in [1.29, 1.82) is 0 Å². The third kappa shape index (κ3) is 3.11. The van der Waals surface area contributed by atoms with E-state index in [4.69, 9.17) is 11.6 Å². The predicted molar refractivity (Wildman–Crippen MR) is 81.6 cm³/mol. The molecular weight excluding hydrogens is 294 g/mol. The van der Waals surface area contributed by atoms with Gasteiger partial charge in [0.1, 0.15) is 0 Å². The molecule has 0 aromatic heterocycles. The molecule has 0 fully saturated rings. The summed E-state index contributed by atoms with van der Waals surface area (Å²) in [5.74, 6) is -0.587. The number of aliphatic hydroxyl groups excluding tert-OH is 1. The van der Waals surface area contributed by atoms with Crippen LogP contribution in [0, 0.1) is 0 Å². The number of carbonyl (C=O) groups is 2. The number of rotatable bonds is 5. The fourth-order valence-electron chi connectivity index (χ4n) is 2.30. The zero-order valence-electron chi connectivity index (χ0n) is 11.9. The van der Waals surface area contributed by atoms with Crippen molar-refractivity contribution in [2.24, 2.45) is 0 Å². The maximum absolute atomic E-state index is 11.6. The molecule has 1 aromatic rings. The molecule has 0 saturated heterocycles. The SMILES string of the molecule is CCCN(CC(=O)NC)c1cc2c(cc1Cl)C(O)C(=O)N2. The Kier molecular flexibility index (Phi) is 4.69. The van der Waals surface area contributed by atoms with Gasteiger partial charge in [0, 0.05) is 24.8 Å². The molecule has 1 aliphatic heterocycles. The summed E-state index contributed by atoms with van der Waals surface area (Å²) >= 11 is 6.25. The first kappa shape index (κ1) is 15.6. The van der Waals surface area contributed by atoms with Gasteiger partial charge in [-0.05, 0) is 18.6 Å². The molecule has 0 aliphatic carbocycles. The monoisotopic (exact) mass is 311 g/mol. The maximum Gasteiger partial charge on any atom is 0.257 e. The molecule has 1 heterocycles. The summed E-state index contributed by atoms with van der Waals surface area (Å²) in [7, 11) is 1.58. The molecule has 0 bridgehead atoms. The number of fused-ring (bicyclic) bond motifs is 1. The Morgan fingerprint density at radius 1 is 1.52 bits per heavy atom. The predicted octanol–water partition coefficient (Wildman–Crippen LogP) is 1.29. The Balaban J connectivity index is 2.36. The van der Waals surface area contributed by atoms with Crippen molar-refractivity contribution in [2.45, 2.75) is 19.4 Å². The Morgan fingerprint density at radius 2 is 2.24 bits per heavy atom. The van der Waals surface area contributed by atoms with Gasteiger partial charge in [0.05, 0.1) is 17.3 Å². The van der Waals surface area contributed by atoms with E-state index in [0.717, 1.165) is 6.42 Å². The van der Waals surface area contributed by atoms with Crippen molar-refractivity contribution in [2.75, 3.05) is 30.4 Å². The lowest BCUT2D eigenvalue weighted by Crippen LogP contribution is -2.36. The minimum absolute atomic E-state index is 0.121. The molecule has 2 amide bonds. The third-order valence-electron chi connectivity index (χ3n) is 3.37. The quantitative estimate of drug-likeness (QED) is 0.765. The molecule has 3 N–H and O–H groups in total. The Morgan fingerprint density at radius 3 is 2.86 bits per heavy atom. The largest absolute Gasteiger partial charge is 0.378 e. The van der Waals surface area contributed by atoms with Crippen molar-refractivity contribution in [3.63, 3.8) is 0 Å². The Hall–Kier alpha value is -1.79. The summed E-state index contributed by atoms with van der Waals surface area (Å²) < 4.78 is 0. The van der Waals surface area contributed by atoms with Gasteiger partial charge in [0.15, 0.2) is 6.10 Å². The number of anilines is 2. The fourth-order valence-corrected chi connectivity index (χ4v) is 2.59. The van der Waals surface area contributed by atoms with Gasteiger partial charge in [-0.3, -0.25) is 9.59 Å². The van der Waals surface area contributed by atoms with Crippen molar-refractivity contribution in [1.82, 2.24) is 5.32 Å². The number of carbonyl (C=O) groups excluding carboxylic acids is 2. The van der Waals surface area contributed by atoms with Crippen molar-refractivity contribution in [3.8, 4) is 0 Å². The lowest BCUT2D eigenvalue weighted by Gasteiger charge is -2.25. The number of benzene rings is 1. The number of hydrogen-bond acceptors (Lipinski definition) is 4. The van der Waals surface area contributed by atoms with E-state index in [2.05, 4.69) is 10.6 Å². The average molecular weight is 312 g/mol. The smallest absolute Gasteiger partial charge is 0.257 e. The van der Waals surface area contributed by atoms with Crippen LogP contribution in [-0.2, 0) is 9.59 Å². The molecule has 21 heavy (non-hydrogen) atoms. The highest BCUT2D eigenvalue weighted by atomic mass is 35.5. The summed E-state index contributed by atoms with van der Waals surface area (Å²) in [6.45, 7) is 2.84. The van der Waals surface area contributed by atoms with Gasteiger partial charge < -0.3 is 20.6 Å². The minimum Gasteiger partial charge on any atom is -0.378 e. The van der Waals surface area contributed by atoms with Gasteiger partial charge in [-0.15, -0.1) is 0 Å². The van der Waals surface area contributed by atoms with Crippen LogP contribution in [0.2, 0.25) is 5.02 Å². The van der Waals surface area contributed by atoms with E-state index in [1.54, 1.807) is 19.2 Å². The lowest BCUT2D eigenvalue weighted by atomic mass is 10.1. The van der Waals surface area contributed by atoms with E-state index in [9.17, 15) is 14.7 Å². The van der Waals surface area contributed by atoms with E-state index < -0.39 is 12.0 Å². The van der Waals surface area contributed by atoms with Crippen LogP contribution in [0.15, 0.2) is 12.1 Å². The molecule has 0 spiro atoms. The standard InChI is InChI=1S/C14H18ClN3O3/c1-3-4-18(7-12(19)16-2)11-6-10-8(5-9(11)15)13(20)14(21)17-10/h5-6,13,20H,3-4,7H2,1-2H3,(H,16,19)(H,17,21). The third-order valence-corrected chi connectivity index (χ3v) is 3.67. The number of nitrogens with one attached hydrogen (secondary N) is 2. The lowest BCUT2D eigenvalue weighted by molar-refractivity contribution is -0.123. The van der Waals surface area contributed by atoms with Crippen molar-refractivity contribution in [3.05, 3.63) is 22.7 Å². The summed E-state index contributed by atoms with van der Waals surface area (Å²) in [6.07, 6.45) is -0.343.